The van der Waals surface area contributed by atoms with Gasteiger partial charge in [0.05, 0.1) is 12.2 Å². The molecule has 192 valence electrons. The molecule has 1 aliphatic heterocycles. The Morgan fingerprint density at radius 3 is 2.71 bits per heavy atom. The van der Waals surface area contributed by atoms with Crippen LogP contribution in [-0.2, 0) is 0 Å². The molecule has 8 atom stereocenters. The molecule has 0 amide bonds. The lowest BCUT2D eigenvalue weighted by molar-refractivity contribution is 0.0283. The Kier molecular flexibility index (Phi) is 8.06. The van der Waals surface area contributed by atoms with Gasteiger partial charge in [-0.15, -0.1) is 0 Å². The first-order valence-corrected chi connectivity index (χ1v) is 13.6. The average molecular weight is 478 g/mol. The molecule has 3 nitrogen and oxygen atoms in total. The first-order chi connectivity index (χ1) is 16.1. The highest BCUT2D eigenvalue weighted by atomic mass is 19.3. The molecule has 0 radical (unpaired) electrons. The summed E-state index contributed by atoms with van der Waals surface area (Å²) in [5.74, 6) is 1.81. The van der Waals surface area contributed by atoms with Crippen molar-refractivity contribution in [2.24, 2.45) is 35.0 Å². The van der Waals surface area contributed by atoms with Crippen LogP contribution in [0.15, 0.2) is 35.5 Å². The summed E-state index contributed by atoms with van der Waals surface area (Å²) in [6.45, 7) is 13.7. The number of hydrogen-bond donors (Lipinski definition) is 2. The van der Waals surface area contributed by atoms with Crippen LogP contribution in [0.2, 0.25) is 0 Å². The first-order valence-electron chi connectivity index (χ1n) is 13.6. The molecule has 0 aromatic rings. The van der Waals surface area contributed by atoms with Crippen molar-refractivity contribution in [1.82, 2.24) is 4.90 Å². The van der Waals surface area contributed by atoms with Crippen molar-refractivity contribution in [2.45, 2.75) is 90.8 Å². The zero-order valence-electron chi connectivity index (χ0n) is 21.4. The van der Waals surface area contributed by atoms with Gasteiger partial charge in [0.2, 0.25) is 6.43 Å². The lowest BCUT2D eigenvalue weighted by atomic mass is 9.61. The fraction of sp³-hybridized carbons (Fsp3) is 0.793. The second kappa shape index (κ2) is 10.5. The quantitative estimate of drug-likeness (QED) is 0.494. The molecular weight excluding hydrogens is 432 g/mol. The van der Waals surface area contributed by atoms with E-state index >= 15 is 0 Å². The van der Waals surface area contributed by atoms with E-state index in [1.54, 1.807) is 0 Å². The van der Waals surface area contributed by atoms with Crippen LogP contribution in [0, 0.1) is 35.0 Å². The second-order valence-corrected chi connectivity index (χ2v) is 12.1. The van der Waals surface area contributed by atoms with Crippen LogP contribution in [0.4, 0.5) is 8.78 Å². The number of alkyl halides is 2. The van der Waals surface area contributed by atoms with Gasteiger partial charge in [-0.05, 0) is 91.7 Å². The van der Waals surface area contributed by atoms with Gasteiger partial charge in [-0.2, -0.15) is 0 Å². The molecule has 0 unspecified atom stereocenters. The van der Waals surface area contributed by atoms with E-state index < -0.39 is 18.6 Å². The number of nitrogens with zero attached hydrogens (tertiary/aromatic N) is 1. The zero-order chi connectivity index (χ0) is 24.6. The molecule has 4 fully saturated rings. The third kappa shape index (κ3) is 5.22. The smallest absolute Gasteiger partial charge is 0.238 e. The number of aliphatic hydroxyl groups excluding tert-OH is 2. The van der Waals surface area contributed by atoms with Crippen molar-refractivity contribution in [3.8, 4) is 0 Å². The fourth-order valence-corrected chi connectivity index (χ4v) is 7.91. The molecule has 4 rings (SSSR count). The topological polar surface area (TPSA) is 43.7 Å². The summed E-state index contributed by atoms with van der Waals surface area (Å²) in [5.41, 5.74) is 3.54. The molecule has 0 aromatic carbocycles. The molecule has 1 heterocycles. The molecule has 0 spiro atoms. The minimum Gasteiger partial charge on any atom is -0.392 e. The van der Waals surface area contributed by atoms with Gasteiger partial charge >= 0.3 is 0 Å². The van der Waals surface area contributed by atoms with Crippen LogP contribution < -0.4 is 0 Å². The van der Waals surface area contributed by atoms with Gasteiger partial charge in [0.15, 0.2) is 0 Å². The number of hydrogen-bond acceptors (Lipinski definition) is 3. The van der Waals surface area contributed by atoms with Crippen molar-refractivity contribution < 1.29 is 19.0 Å². The Balaban J connectivity index is 1.42. The first kappa shape index (κ1) is 26.0. The SMILES string of the molecule is C=C1/C(=C\C=C2/CCC[C@]3(C)[C@@H]([C@H](C)CN4CC[C@@H](CC(F)F)C4)CC[C@@H]23)C[C@@H](O)[C@H](C)[C@@H]1O. The van der Waals surface area contributed by atoms with E-state index in [0.717, 1.165) is 43.6 Å². The minimum atomic E-state index is -2.18. The van der Waals surface area contributed by atoms with Crippen LogP contribution in [-0.4, -0.2) is 53.4 Å². The Morgan fingerprint density at radius 1 is 1.21 bits per heavy atom. The zero-order valence-corrected chi connectivity index (χ0v) is 21.4. The molecule has 5 heteroatoms. The number of aliphatic hydroxyl groups is 2. The molecule has 0 bridgehead atoms. The summed E-state index contributed by atoms with van der Waals surface area (Å²) in [6, 6.07) is 0. The normalized spacial score (nSPS) is 42.6. The lowest BCUT2D eigenvalue weighted by Crippen LogP contribution is -2.39. The van der Waals surface area contributed by atoms with E-state index in [0.29, 0.717) is 29.6 Å². The van der Waals surface area contributed by atoms with Gasteiger partial charge in [-0.1, -0.05) is 45.1 Å². The summed E-state index contributed by atoms with van der Waals surface area (Å²) in [7, 11) is 0. The van der Waals surface area contributed by atoms with E-state index in [2.05, 4.69) is 37.5 Å². The van der Waals surface area contributed by atoms with Gasteiger partial charge < -0.3 is 15.1 Å². The Morgan fingerprint density at radius 2 is 1.97 bits per heavy atom. The molecule has 3 saturated carbocycles. The van der Waals surface area contributed by atoms with E-state index in [9.17, 15) is 19.0 Å². The maximum Gasteiger partial charge on any atom is 0.238 e. The highest BCUT2D eigenvalue weighted by Gasteiger charge is 2.51. The van der Waals surface area contributed by atoms with Gasteiger partial charge in [-0.3, -0.25) is 0 Å². The van der Waals surface area contributed by atoms with Gasteiger partial charge in [0.25, 0.3) is 0 Å². The highest BCUT2D eigenvalue weighted by Crippen LogP contribution is 2.59. The largest absolute Gasteiger partial charge is 0.392 e. The monoisotopic (exact) mass is 477 g/mol. The summed E-state index contributed by atoms with van der Waals surface area (Å²) < 4.78 is 25.6. The Bertz CT molecular complexity index is 808. The highest BCUT2D eigenvalue weighted by molar-refractivity contribution is 5.39. The number of allylic oxidation sites excluding steroid dienone is 3. The van der Waals surface area contributed by atoms with Crippen molar-refractivity contribution in [1.29, 1.82) is 0 Å². The van der Waals surface area contributed by atoms with Crippen LogP contribution in [0.5, 0.6) is 0 Å². The van der Waals surface area contributed by atoms with Crippen molar-refractivity contribution >= 4 is 0 Å². The van der Waals surface area contributed by atoms with Crippen LogP contribution in [0.1, 0.15) is 72.1 Å². The number of fused-ring (bicyclic) bond motifs is 1. The third-order valence-corrected chi connectivity index (χ3v) is 9.95. The minimum absolute atomic E-state index is 0.0527. The van der Waals surface area contributed by atoms with E-state index in [1.807, 2.05) is 6.92 Å². The van der Waals surface area contributed by atoms with Crippen molar-refractivity contribution in [3.63, 3.8) is 0 Å². The molecule has 4 aliphatic rings. The van der Waals surface area contributed by atoms with E-state index in [1.165, 1.54) is 31.3 Å². The standard InChI is InChI=1S/C29H45F2NO2/c1-18(16-32-13-11-21(17-32)14-27(30)31)24-9-10-25-22(6-5-12-29(24,25)4)7-8-23-15-26(33)20(3)28(34)19(23)2/h7-8,18,20-21,24-28,33-34H,2,5-6,9-17H2,1,3-4H3/b22-7+,23-8-/t18-,20+,21+,24-,25+,26-,28-,29-/m1/s1. The molecule has 2 N–H and O–H groups in total. The van der Waals surface area contributed by atoms with Crippen LogP contribution in [0.3, 0.4) is 0 Å². The fourth-order valence-electron chi connectivity index (χ4n) is 7.91. The summed E-state index contributed by atoms with van der Waals surface area (Å²) >= 11 is 0. The van der Waals surface area contributed by atoms with Crippen molar-refractivity contribution in [2.75, 3.05) is 19.6 Å². The Labute approximate surface area is 205 Å². The van der Waals surface area contributed by atoms with E-state index in [-0.39, 0.29) is 18.3 Å². The number of likely N-dealkylation sites (tertiary alicyclic amines) is 1. The summed E-state index contributed by atoms with van der Waals surface area (Å²) in [4.78, 5) is 2.44. The Hall–Kier alpha value is -1.04. The number of rotatable bonds is 6. The van der Waals surface area contributed by atoms with Crippen LogP contribution in [0.25, 0.3) is 0 Å². The van der Waals surface area contributed by atoms with E-state index in [4.69, 9.17) is 0 Å². The van der Waals surface area contributed by atoms with Gasteiger partial charge in [0.1, 0.15) is 0 Å². The number of halogens is 2. The molecule has 3 aliphatic carbocycles. The third-order valence-electron chi connectivity index (χ3n) is 9.95. The maximum atomic E-state index is 12.8. The average Bonchev–Trinajstić information content (AvgIpc) is 3.36. The van der Waals surface area contributed by atoms with Gasteiger partial charge in [0, 0.05) is 25.4 Å². The molecule has 0 aromatic heterocycles. The second-order valence-electron chi connectivity index (χ2n) is 12.1. The van der Waals surface area contributed by atoms with Gasteiger partial charge in [-0.25, -0.2) is 8.78 Å². The molecular formula is C29H45F2NO2. The lowest BCUT2D eigenvalue weighted by Gasteiger charge is -2.45. The van der Waals surface area contributed by atoms with Crippen molar-refractivity contribution in [3.05, 3.63) is 35.5 Å². The van der Waals surface area contributed by atoms with Crippen LogP contribution >= 0.6 is 0 Å². The maximum absolute atomic E-state index is 12.8. The predicted molar refractivity (Wildman–Crippen MR) is 134 cm³/mol. The predicted octanol–water partition coefficient (Wildman–Crippen LogP) is 5.99. The summed E-state index contributed by atoms with van der Waals surface area (Å²) in [5, 5.41) is 20.8. The summed E-state index contributed by atoms with van der Waals surface area (Å²) in [6.07, 6.45) is 8.59. The molecule has 34 heavy (non-hydrogen) atoms. The molecule has 1 saturated heterocycles.